The maximum absolute atomic E-state index is 12.2. The molecule has 29 heavy (non-hydrogen) atoms. The third kappa shape index (κ3) is 5.21. The molecule has 0 bridgehead atoms. The number of nitrogens with zero attached hydrogens (tertiary/aromatic N) is 1. The molecule has 148 valence electrons. The van der Waals surface area contributed by atoms with Crippen LogP contribution in [0.2, 0.25) is 0 Å². The second-order valence-electron chi connectivity index (χ2n) is 5.65. The van der Waals surface area contributed by atoms with Crippen LogP contribution in [0.5, 0.6) is 5.75 Å². The van der Waals surface area contributed by atoms with Crippen molar-refractivity contribution in [3.63, 3.8) is 0 Å². The van der Waals surface area contributed by atoms with Crippen molar-refractivity contribution in [1.82, 2.24) is 5.32 Å². The third-order valence-electron chi connectivity index (χ3n) is 3.63. The van der Waals surface area contributed by atoms with Gasteiger partial charge in [-0.1, -0.05) is 28.1 Å². The zero-order chi connectivity index (χ0) is 21.0. The number of rotatable bonds is 6. The second-order valence-corrected chi connectivity index (χ2v) is 7.58. The Labute approximate surface area is 176 Å². The number of ether oxygens (including phenoxy) is 1. The highest BCUT2D eigenvalue weighted by Gasteiger charge is 2.25. The Morgan fingerprint density at radius 2 is 2.03 bits per heavy atom. The van der Waals surface area contributed by atoms with Crippen LogP contribution in [0.4, 0.5) is 16.2 Å². The predicted octanol–water partition coefficient (Wildman–Crippen LogP) is 3.70. The van der Waals surface area contributed by atoms with Gasteiger partial charge in [-0.2, -0.15) is 0 Å². The van der Waals surface area contributed by atoms with Gasteiger partial charge in [0.1, 0.15) is 11.4 Å². The summed E-state index contributed by atoms with van der Waals surface area (Å²) >= 11 is 4.08. The van der Waals surface area contributed by atoms with Gasteiger partial charge >= 0.3 is 0 Å². The molecule has 11 heteroatoms. The molecule has 0 saturated carbocycles. The maximum atomic E-state index is 12.2. The molecule has 1 saturated heterocycles. The van der Waals surface area contributed by atoms with Crippen LogP contribution >= 0.6 is 27.7 Å². The molecule has 2 aromatic rings. The minimum absolute atomic E-state index is 0.0572. The van der Waals surface area contributed by atoms with E-state index >= 15 is 0 Å². The zero-order valence-corrected chi connectivity index (χ0v) is 16.9. The molecule has 2 aromatic carbocycles. The first kappa shape index (κ1) is 20.6. The molecule has 0 unspecified atom stereocenters. The van der Waals surface area contributed by atoms with Gasteiger partial charge in [-0.3, -0.25) is 29.8 Å². The van der Waals surface area contributed by atoms with Gasteiger partial charge in [0, 0.05) is 16.1 Å². The Morgan fingerprint density at radius 3 is 2.72 bits per heavy atom. The van der Waals surface area contributed by atoms with Crippen molar-refractivity contribution in [3.8, 4) is 5.75 Å². The standard InChI is InChI=1S/C18H12BrN3O6S/c19-11-5-6-14(10(7-11)8-15-17(24)21-18(25)29-15)28-9-16(23)20-12-3-1-2-4-13(12)22(26)27/h1-8H,9H2,(H,20,23)(H,21,24,25)/b15-8-. The quantitative estimate of drug-likeness (QED) is 0.368. The lowest BCUT2D eigenvalue weighted by atomic mass is 10.2. The van der Waals surface area contributed by atoms with Crippen molar-refractivity contribution in [3.05, 3.63) is 67.5 Å². The maximum Gasteiger partial charge on any atom is 0.292 e. The lowest BCUT2D eigenvalue weighted by Crippen LogP contribution is -2.21. The van der Waals surface area contributed by atoms with Crippen LogP contribution in [-0.4, -0.2) is 28.6 Å². The fourth-order valence-electron chi connectivity index (χ4n) is 2.39. The van der Waals surface area contributed by atoms with E-state index in [9.17, 15) is 24.5 Å². The molecule has 9 nitrogen and oxygen atoms in total. The number of amides is 3. The minimum atomic E-state index is -0.596. The lowest BCUT2D eigenvalue weighted by molar-refractivity contribution is -0.383. The summed E-state index contributed by atoms with van der Waals surface area (Å²) in [5.41, 5.74) is 0.302. The first-order chi connectivity index (χ1) is 13.8. The second kappa shape index (κ2) is 8.88. The number of hydrogen-bond donors (Lipinski definition) is 2. The van der Waals surface area contributed by atoms with E-state index < -0.39 is 28.6 Å². The van der Waals surface area contributed by atoms with E-state index in [0.29, 0.717) is 15.8 Å². The van der Waals surface area contributed by atoms with Crippen molar-refractivity contribution in [2.75, 3.05) is 11.9 Å². The average molecular weight is 478 g/mol. The Kier molecular flexibility index (Phi) is 6.29. The Bertz CT molecular complexity index is 1060. The summed E-state index contributed by atoms with van der Waals surface area (Å²) in [6.45, 7) is -0.415. The van der Waals surface area contributed by atoms with E-state index in [1.807, 2.05) is 0 Å². The number of halogens is 1. The van der Waals surface area contributed by atoms with Gasteiger partial charge in [0.2, 0.25) is 0 Å². The smallest absolute Gasteiger partial charge is 0.292 e. The van der Waals surface area contributed by atoms with Crippen molar-refractivity contribution in [1.29, 1.82) is 0 Å². The van der Waals surface area contributed by atoms with E-state index in [4.69, 9.17) is 4.74 Å². The lowest BCUT2D eigenvalue weighted by Gasteiger charge is -2.11. The van der Waals surface area contributed by atoms with Gasteiger partial charge in [-0.05, 0) is 42.1 Å². The fourth-order valence-corrected chi connectivity index (χ4v) is 3.45. The normalized spacial score (nSPS) is 14.6. The number of benzene rings is 2. The number of nitro benzene ring substituents is 1. The topological polar surface area (TPSA) is 128 Å². The average Bonchev–Trinajstić information content (AvgIpc) is 2.98. The molecule has 0 radical (unpaired) electrons. The van der Waals surface area contributed by atoms with Crippen LogP contribution in [0.15, 0.2) is 51.8 Å². The largest absolute Gasteiger partial charge is 0.483 e. The third-order valence-corrected chi connectivity index (χ3v) is 4.94. The number of hydrogen-bond acceptors (Lipinski definition) is 7. The van der Waals surface area contributed by atoms with Gasteiger partial charge in [-0.15, -0.1) is 0 Å². The Balaban J connectivity index is 1.74. The van der Waals surface area contributed by atoms with Gasteiger partial charge in [0.25, 0.3) is 22.7 Å². The molecule has 0 aromatic heterocycles. The molecule has 1 fully saturated rings. The number of nitrogens with one attached hydrogen (secondary N) is 2. The molecule has 0 spiro atoms. The molecule has 0 aliphatic carbocycles. The summed E-state index contributed by atoms with van der Waals surface area (Å²) in [4.78, 5) is 45.9. The van der Waals surface area contributed by atoms with Crippen molar-refractivity contribution >= 4 is 62.2 Å². The highest BCUT2D eigenvalue weighted by Crippen LogP contribution is 2.31. The molecule has 1 heterocycles. The number of nitro groups is 1. The highest BCUT2D eigenvalue weighted by atomic mass is 79.9. The van der Waals surface area contributed by atoms with Crippen molar-refractivity contribution in [2.45, 2.75) is 0 Å². The molecule has 3 rings (SSSR count). The summed E-state index contributed by atoms with van der Waals surface area (Å²) in [6.07, 6.45) is 1.48. The number of carbonyl (C=O) groups is 3. The van der Waals surface area contributed by atoms with Crippen molar-refractivity contribution < 1.29 is 24.0 Å². The number of carbonyl (C=O) groups excluding carboxylic acids is 3. The minimum Gasteiger partial charge on any atom is -0.483 e. The SMILES string of the molecule is O=C(COc1ccc(Br)cc1/C=C1\SC(=O)NC1=O)Nc1ccccc1[N+](=O)[O-]. The van der Waals surface area contributed by atoms with Crippen LogP contribution in [0.3, 0.4) is 0 Å². The molecule has 0 atom stereocenters. The first-order valence-electron chi connectivity index (χ1n) is 8.04. The summed E-state index contributed by atoms with van der Waals surface area (Å²) in [5, 5.41) is 15.2. The fraction of sp³-hybridized carbons (Fsp3) is 0.0556. The van der Waals surface area contributed by atoms with E-state index in [0.717, 1.165) is 11.8 Å². The van der Waals surface area contributed by atoms with E-state index in [1.54, 1.807) is 24.3 Å². The van der Waals surface area contributed by atoms with Crippen LogP contribution in [0.1, 0.15) is 5.56 Å². The zero-order valence-electron chi connectivity index (χ0n) is 14.5. The predicted molar refractivity (Wildman–Crippen MR) is 110 cm³/mol. The number of thioether (sulfide) groups is 1. The van der Waals surface area contributed by atoms with E-state index in [-0.39, 0.29) is 16.3 Å². The molecule has 3 amide bonds. The van der Waals surface area contributed by atoms with Gasteiger partial charge in [0.05, 0.1) is 9.83 Å². The summed E-state index contributed by atoms with van der Waals surface area (Å²) < 4.78 is 6.23. The van der Waals surface area contributed by atoms with Crippen LogP contribution < -0.4 is 15.4 Å². The molecule has 2 N–H and O–H groups in total. The van der Waals surface area contributed by atoms with E-state index in [1.165, 1.54) is 24.3 Å². The Morgan fingerprint density at radius 1 is 1.28 bits per heavy atom. The van der Waals surface area contributed by atoms with Gasteiger partial charge in [-0.25, -0.2) is 0 Å². The van der Waals surface area contributed by atoms with Gasteiger partial charge < -0.3 is 10.1 Å². The van der Waals surface area contributed by atoms with Gasteiger partial charge in [0.15, 0.2) is 6.61 Å². The number of imide groups is 1. The van der Waals surface area contributed by atoms with Crippen LogP contribution in [-0.2, 0) is 9.59 Å². The summed E-state index contributed by atoms with van der Waals surface area (Å²) in [6, 6.07) is 10.7. The first-order valence-corrected chi connectivity index (χ1v) is 9.65. The molecule has 1 aliphatic rings. The van der Waals surface area contributed by atoms with E-state index in [2.05, 4.69) is 26.6 Å². The summed E-state index contributed by atoms with van der Waals surface area (Å²) in [7, 11) is 0. The number of para-hydroxylation sites is 2. The van der Waals surface area contributed by atoms with Crippen LogP contribution in [0, 0.1) is 10.1 Å². The monoisotopic (exact) mass is 477 g/mol. The molecular formula is C18H12BrN3O6S. The van der Waals surface area contributed by atoms with Crippen molar-refractivity contribution in [2.24, 2.45) is 0 Å². The number of anilines is 1. The Hall–Kier alpha value is -3.18. The van der Waals surface area contributed by atoms with Crippen LogP contribution in [0.25, 0.3) is 6.08 Å². The summed E-state index contributed by atoms with van der Waals surface area (Å²) in [5.74, 6) is -0.810. The molecule has 1 aliphatic heterocycles. The molecular weight excluding hydrogens is 466 g/mol. The highest BCUT2D eigenvalue weighted by molar-refractivity contribution is 9.10.